The molecule has 0 saturated heterocycles. The summed E-state index contributed by atoms with van der Waals surface area (Å²) in [5, 5.41) is 3.34. The van der Waals surface area contributed by atoms with Gasteiger partial charge in [-0.1, -0.05) is 12.1 Å². The molecule has 1 unspecified atom stereocenters. The first-order chi connectivity index (χ1) is 10.2. The Morgan fingerprint density at radius 3 is 3.05 bits per heavy atom. The van der Waals surface area contributed by atoms with Crippen LogP contribution in [0.3, 0.4) is 0 Å². The predicted molar refractivity (Wildman–Crippen MR) is 79.0 cm³/mol. The number of benzene rings is 2. The maximum Gasteiger partial charge on any atom is 0.173 e. The summed E-state index contributed by atoms with van der Waals surface area (Å²) in [4.78, 5) is 4.53. The number of imidazole rings is 1. The van der Waals surface area contributed by atoms with Crippen molar-refractivity contribution in [1.29, 1.82) is 0 Å². The van der Waals surface area contributed by atoms with E-state index in [1.54, 1.807) is 6.07 Å². The van der Waals surface area contributed by atoms with Crippen molar-refractivity contribution in [2.75, 3.05) is 11.9 Å². The van der Waals surface area contributed by atoms with Crippen LogP contribution in [-0.4, -0.2) is 16.1 Å². The van der Waals surface area contributed by atoms with Gasteiger partial charge in [-0.05, 0) is 24.3 Å². The minimum absolute atomic E-state index is 0.194. The molecule has 0 bridgehead atoms. The highest BCUT2D eigenvalue weighted by molar-refractivity contribution is 5.76. The zero-order chi connectivity index (χ0) is 14.4. The second-order valence-electron chi connectivity index (χ2n) is 5.15. The zero-order valence-electron chi connectivity index (χ0n) is 11.5. The first-order valence-electron chi connectivity index (χ1n) is 6.84. The number of nitrogens with one attached hydrogen (secondary N) is 1. The largest absolute Gasteiger partial charge is 0.478 e. The SMILES string of the molecule is Cn1c(C2CNc3ccccc3O2)nc2cc(F)ccc21. The number of aromatic nitrogens is 2. The Morgan fingerprint density at radius 2 is 2.14 bits per heavy atom. The van der Waals surface area contributed by atoms with Gasteiger partial charge in [0.05, 0.1) is 23.3 Å². The third kappa shape index (κ3) is 1.93. The lowest BCUT2D eigenvalue weighted by Gasteiger charge is -2.26. The Kier molecular flexibility index (Phi) is 2.60. The normalized spacial score (nSPS) is 17.1. The van der Waals surface area contributed by atoms with Crippen molar-refractivity contribution in [3.8, 4) is 5.75 Å². The third-order valence-corrected chi connectivity index (χ3v) is 3.80. The number of para-hydroxylation sites is 2. The van der Waals surface area contributed by atoms with Crippen molar-refractivity contribution < 1.29 is 9.13 Å². The van der Waals surface area contributed by atoms with Crippen LogP contribution in [0.1, 0.15) is 11.9 Å². The quantitative estimate of drug-likeness (QED) is 0.745. The van der Waals surface area contributed by atoms with Crippen molar-refractivity contribution in [1.82, 2.24) is 9.55 Å². The summed E-state index contributed by atoms with van der Waals surface area (Å²) in [5.74, 6) is 1.32. The van der Waals surface area contributed by atoms with Crippen LogP contribution in [0.2, 0.25) is 0 Å². The average Bonchev–Trinajstić information content (AvgIpc) is 2.83. The molecule has 0 radical (unpaired) electrons. The maximum absolute atomic E-state index is 13.3. The molecule has 0 amide bonds. The lowest BCUT2D eigenvalue weighted by atomic mass is 10.2. The molecule has 106 valence electrons. The molecule has 1 atom stereocenters. The Bertz CT molecular complexity index is 828. The van der Waals surface area contributed by atoms with E-state index in [2.05, 4.69) is 10.3 Å². The monoisotopic (exact) mass is 283 g/mol. The van der Waals surface area contributed by atoms with E-state index in [0.29, 0.717) is 12.1 Å². The molecular formula is C16H14FN3O. The summed E-state index contributed by atoms with van der Waals surface area (Å²) in [7, 11) is 1.92. The Hall–Kier alpha value is -2.56. The van der Waals surface area contributed by atoms with Gasteiger partial charge in [0.1, 0.15) is 11.6 Å². The number of rotatable bonds is 1. The smallest absolute Gasteiger partial charge is 0.173 e. The van der Waals surface area contributed by atoms with E-state index >= 15 is 0 Å². The molecule has 1 aliphatic rings. The summed E-state index contributed by atoms with van der Waals surface area (Å²) < 4.78 is 21.3. The second-order valence-corrected chi connectivity index (χ2v) is 5.15. The van der Waals surface area contributed by atoms with Gasteiger partial charge in [-0.3, -0.25) is 0 Å². The lowest BCUT2D eigenvalue weighted by Crippen LogP contribution is -2.25. The van der Waals surface area contributed by atoms with Gasteiger partial charge in [-0.2, -0.15) is 0 Å². The summed E-state index contributed by atoms with van der Waals surface area (Å²) in [5.41, 5.74) is 2.53. The summed E-state index contributed by atoms with van der Waals surface area (Å²) in [6.45, 7) is 0.636. The molecular weight excluding hydrogens is 269 g/mol. The van der Waals surface area contributed by atoms with Crippen molar-refractivity contribution in [3.05, 3.63) is 54.1 Å². The van der Waals surface area contributed by atoms with E-state index in [-0.39, 0.29) is 11.9 Å². The lowest BCUT2D eigenvalue weighted by molar-refractivity contribution is 0.197. The number of nitrogens with zero attached hydrogens (tertiary/aromatic N) is 2. The molecule has 2 aromatic carbocycles. The van der Waals surface area contributed by atoms with Crippen LogP contribution in [-0.2, 0) is 7.05 Å². The number of halogens is 1. The summed E-state index contributed by atoms with van der Waals surface area (Å²) in [6.07, 6.45) is -0.194. The fraction of sp³-hybridized carbons (Fsp3) is 0.188. The van der Waals surface area contributed by atoms with Crippen LogP contribution in [0.5, 0.6) is 5.75 Å². The molecule has 5 heteroatoms. The van der Waals surface area contributed by atoms with Crippen LogP contribution in [0.15, 0.2) is 42.5 Å². The van der Waals surface area contributed by atoms with E-state index in [0.717, 1.165) is 22.8 Å². The molecule has 0 fully saturated rings. The topological polar surface area (TPSA) is 39.1 Å². The summed E-state index contributed by atoms with van der Waals surface area (Å²) in [6, 6.07) is 12.4. The molecule has 21 heavy (non-hydrogen) atoms. The molecule has 0 spiro atoms. The third-order valence-electron chi connectivity index (χ3n) is 3.80. The number of anilines is 1. The highest BCUT2D eigenvalue weighted by atomic mass is 19.1. The van der Waals surface area contributed by atoms with Gasteiger partial charge in [0.25, 0.3) is 0 Å². The minimum Gasteiger partial charge on any atom is -0.478 e. The predicted octanol–water partition coefficient (Wildman–Crippen LogP) is 3.26. The van der Waals surface area contributed by atoms with E-state index in [1.165, 1.54) is 12.1 Å². The van der Waals surface area contributed by atoms with Gasteiger partial charge >= 0.3 is 0 Å². The summed E-state index contributed by atoms with van der Waals surface area (Å²) >= 11 is 0. The van der Waals surface area contributed by atoms with Crippen LogP contribution < -0.4 is 10.1 Å². The molecule has 0 saturated carbocycles. The van der Waals surface area contributed by atoms with Gasteiger partial charge in [0.2, 0.25) is 0 Å². The second kappa shape index (κ2) is 4.48. The highest BCUT2D eigenvalue weighted by Gasteiger charge is 2.25. The number of aryl methyl sites for hydroxylation is 1. The van der Waals surface area contributed by atoms with Crippen LogP contribution in [0.25, 0.3) is 11.0 Å². The number of fused-ring (bicyclic) bond motifs is 2. The van der Waals surface area contributed by atoms with Gasteiger partial charge in [0.15, 0.2) is 11.9 Å². The molecule has 1 aliphatic heterocycles. The Morgan fingerprint density at radius 1 is 1.29 bits per heavy atom. The van der Waals surface area contributed by atoms with E-state index in [9.17, 15) is 4.39 Å². The molecule has 0 aliphatic carbocycles. The van der Waals surface area contributed by atoms with Gasteiger partial charge < -0.3 is 14.6 Å². The van der Waals surface area contributed by atoms with Crippen molar-refractivity contribution in [3.63, 3.8) is 0 Å². The number of hydrogen-bond acceptors (Lipinski definition) is 3. The van der Waals surface area contributed by atoms with Crippen molar-refractivity contribution >= 4 is 16.7 Å². The standard InChI is InChI=1S/C16H14FN3O/c1-20-13-7-6-10(17)8-12(13)19-16(20)15-9-18-11-4-2-3-5-14(11)21-15/h2-8,15,18H,9H2,1H3. The van der Waals surface area contributed by atoms with Gasteiger partial charge in [-0.25, -0.2) is 9.37 Å². The Balaban J connectivity index is 1.76. The molecule has 4 nitrogen and oxygen atoms in total. The minimum atomic E-state index is -0.278. The van der Waals surface area contributed by atoms with Crippen LogP contribution in [0, 0.1) is 5.82 Å². The molecule has 1 N–H and O–H groups in total. The fourth-order valence-corrected chi connectivity index (χ4v) is 2.74. The van der Waals surface area contributed by atoms with Gasteiger partial charge in [0, 0.05) is 13.1 Å². The first kappa shape index (κ1) is 12.2. The maximum atomic E-state index is 13.3. The van der Waals surface area contributed by atoms with E-state index < -0.39 is 0 Å². The van der Waals surface area contributed by atoms with Crippen LogP contribution >= 0.6 is 0 Å². The fourth-order valence-electron chi connectivity index (χ4n) is 2.74. The van der Waals surface area contributed by atoms with E-state index in [4.69, 9.17) is 4.74 Å². The van der Waals surface area contributed by atoms with Crippen molar-refractivity contribution in [2.45, 2.75) is 6.10 Å². The van der Waals surface area contributed by atoms with Crippen LogP contribution in [0.4, 0.5) is 10.1 Å². The first-order valence-corrected chi connectivity index (χ1v) is 6.84. The molecule has 2 heterocycles. The molecule has 3 aromatic rings. The number of ether oxygens (including phenoxy) is 1. The Labute approximate surface area is 121 Å². The molecule has 1 aromatic heterocycles. The highest BCUT2D eigenvalue weighted by Crippen LogP contribution is 2.34. The average molecular weight is 283 g/mol. The molecule has 4 rings (SSSR count). The van der Waals surface area contributed by atoms with Gasteiger partial charge in [-0.15, -0.1) is 0 Å². The zero-order valence-corrected chi connectivity index (χ0v) is 11.5. The van der Waals surface area contributed by atoms with E-state index in [1.807, 2.05) is 35.9 Å². The number of hydrogen-bond donors (Lipinski definition) is 1. The van der Waals surface area contributed by atoms with Crippen molar-refractivity contribution in [2.24, 2.45) is 7.05 Å².